The molecule has 0 unspecified atom stereocenters. The van der Waals surface area contributed by atoms with Crippen molar-refractivity contribution < 1.29 is 9.53 Å². The van der Waals surface area contributed by atoms with Gasteiger partial charge in [-0.3, -0.25) is 9.69 Å². The fourth-order valence-electron chi connectivity index (χ4n) is 2.46. The topological polar surface area (TPSA) is 29.5 Å². The predicted molar refractivity (Wildman–Crippen MR) is 103 cm³/mol. The van der Waals surface area contributed by atoms with Gasteiger partial charge in [-0.2, -0.15) is 0 Å². The molecule has 0 spiro atoms. The molecule has 3 rings (SSSR count). The van der Waals surface area contributed by atoms with E-state index in [2.05, 4.69) is 21.9 Å². The van der Waals surface area contributed by atoms with Crippen LogP contribution in [-0.4, -0.2) is 18.3 Å². The number of terminal acetylenes is 1. The summed E-state index contributed by atoms with van der Waals surface area (Å²) in [5.41, 5.74) is 1.85. The summed E-state index contributed by atoms with van der Waals surface area (Å²) in [6.07, 6.45) is 5.22. The second kappa shape index (κ2) is 7.52. The van der Waals surface area contributed by atoms with E-state index < -0.39 is 0 Å². The maximum atomic E-state index is 12.4. The predicted octanol–water partition coefficient (Wildman–Crippen LogP) is 4.89. The molecule has 0 aliphatic carbocycles. The zero-order valence-corrected chi connectivity index (χ0v) is 15.7. The first kappa shape index (κ1) is 17.2. The number of hydrogen-bond donors (Lipinski definition) is 0. The van der Waals surface area contributed by atoms with Crippen LogP contribution < -0.4 is 9.64 Å². The molecular weight excluding hydrogens is 410 g/mol. The van der Waals surface area contributed by atoms with E-state index in [1.54, 1.807) is 28.8 Å². The molecule has 1 amide bonds. The van der Waals surface area contributed by atoms with Crippen molar-refractivity contribution >= 4 is 50.9 Å². The van der Waals surface area contributed by atoms with Gasteiger partial charge in [0, 0.05) is 10.7 Å². The number of nitrogens with zero attached hydrogens (tertiary/aromatic N) is 1. The maximum Gasteiger partial charge on any atom is 0.238 e. The smallest absolute Gasteiger partial charge is 0.238 e. The third-order valence-electron chi connectivity index (χ3n) is 3.52. The van der Waals surface area contributed by atoms with Crippen LogP contribution >= 0.6 is 39.3 Å². The van der Waals surface area contributed by atoms with Crippen molar-refractivity contribution in [3.63, 3.8) is 0 Å². The molecule has 1 saturated heterocycles. The molecule has 1 aliphatic heterocycles. The lowest BCUT2D eigenvalue weighted by molar-refractivity contribution is -0.115. The Hall–Kier alpha value is -1.61. The van der Waals surface area contributed by atoms with Crippen LogP contribution in [0.25, 0.3) is 0 Å². The summed E-state index contributed by atoms with van der Waals surface area (Å²) >= 11 is 11.0. The first-order valence-corrected chi connectivity index (χ1v) is 9.37. The van der Waals surface area contributed by atoms with Gasteiger partial charge in [0.1, 0.15) is 17.7 Å². The van der Waals surface area contributed by atoms with Crippen LogP contribution in [0.15, 0.2) is 46.9 Å². The Balaban J connectivity index is 1.90. The average molecular weight is 423 g/mol. The lowest BCUT2D eigenvalue weighted by atomic mass is 10.2. The Labute approximate surface area is 158 Å². The number of halogens is 2. The Morgan fingerprint density at radius 1 is 1.33 bits per heavy atom. The van der Waals surface area contributed by atoms with Crippen molar-refractivity contribution in [3.05, 3.63) is 57.5 Å². The van der Waals surface area contributed by atoms with E-state index >= 15 is 0 Å². The zero-order valence-electron chi connectivity index (χ0n) is 12.5. The van der Waals surface area contributed by atoms with Gasteiger partial charge in [-0.15, -0.1) is 18.2 Å². The monoisotopic (exact) mass is 421 g/mol. The SMILES string of the molecule is C#CCOc1ccc([C@@H]2SCC(=O)N2c2ccc(Cl)cc2)cc1Br. The molecule has 3 nitrogen and oxygen atoms in total. The number of carbonyl (C=O) groups excluding carboxylic acids is 1. The molecule has 122 valence electrons. The highest BCUT2D eigenvalue weighted by molar-refractivity contribution is 9.10. The molecule has 2 aromatic rings. The lowest BCUT2D eigenvalue weighted by Crippen LogP contribution is -2.27. The lowest BCUT2D eigenvalue weighted by Gasteiger charge is -2.25. The quantitative estimate of drug-likeness (QED) is 0.657. The fraction of sp³-hybridized carbons (Fsp3) is 0.167. The molecule has 1 fully saturated rings. The van der Waals surface area contributed by atoms with Crippen molar-refractivity contribution in [3.8, 4) is 18.1 Å². The first-order valence-electron chi connectivity index (χ1n) is 7.15. The minimum Gasteiger partial charge on any atom is -0.480 e. The van der Waals surface area contributed by atoms with E-state index in [1.807, 2.05) is 30.3 Å². The summed E-state index contributed by atoms with van der Waals surface area (Å²) in [6, 6.07) is 13.1. The Bertz CT molecular complexity index is 804. The largest absolute Gasteiger partial charge is 0.480 e. The first-order chi connectivity index (χ1) is 11.6. The maximum absolute atomic E-state index is 12.4. The van der Waals surface area contributed by atoms with Gasteiger partial charge in [0.15, 0.2) is 0 Å². The van der Waals surface area contributed by atoms with Gasteiger partial charge >= 0.3 is 0 Å². The summed E-state index contributed by atoms with van der Waals surface area (Å²) in [5, 5.41) is 0.559. The van der Waals surface area contributed by atoms with Crippen molar-refractivity contribution in [2.45, 2.75) is 5.37 Å². The molecule has 0 saturated carbocycles. The number of rotatable bonds is 4. The van der Waals surface area contributed by atoms with Crippen molar-refractivity contribution in [2.24, 2.45) is 0 Å². The standard InChI is InChI=1S/C18H13BrClNO2S/c1-2-9-23-16-8-3-12(10-15(16)19)18-21(17(22)11-24-18)14-6-4-13(20)5-7-14/h1,3-8,10,18H,9,11H2/t18-/m0/s1. The average Bonchev–Trinajstić information content (AvgIpc) is 2.96. The number of ether oxygens (including phenoxy) is 1. The third kappa shape index (κ3) is 3.56. The number of thioether (sulfide) groups is 1. The van der Waals surface area contributed by atoms with Crippen LogP contribution in [0.4, 0.5) is 5.69 Å². The highest BCUT2D eigenvalue weighted by atomic mass is 79.9. The minimum absolute atomic E-state index is 0.0797. The number of anilines is 1. The number of hydrogen-bond acceptors (Lipinski definition) is 3. The second-order valence-electron chi connectivity index (χ2n) is 5.09. The summed E-state index contributed by atoms with van der Waals surface area (Å²) in [4.78, 5) is 14.1. The van der Waals surface area contributed by atoms with Gasteiger partial charge in [0.05, 0.1) is 10.2 Å². The number of benzene rings is 2. The normalized spacial score (nSPS) is 17.0. The van der Waals surface area contributed by atoms with E-state index in [-0.39, 0.29) is 17.9 Å². The molecule has 1 atom stereocenters. The summed E-state index contributed by atoms with van der Waals surface area (Å²) in [5.74, 6) is 3.65. The fourth-order valence-corrected chi connectivity index (χ4v) is 4.26. The highest BCUT2D eigenvalue weighted by Gasteiger charge is 2.34. The van der Waals surface area contributed by atoms with Gasteiger partial charge in [0.2, 0.25) is 5.91 Å². The summed E-state index contributed by atoms with van der Waals surface area (Å²) < 4.78 is 6.28. The van der Waals surface area contributed by atoms with Gasteiger partial charge in [-0.25, -0.2) is 0 Å². The molecule has 0 aromatic heterocycles. The van der Waals surface area contributed by atoms with Gasteiger partial charge in [-0.1, -0.05) is 23.6 Å². The molecule has 2 aromatic carbocycles. The van der Waals surface area contributed by atoms with Crippen LogP contribution in [0.2, 0.25) is 5.02 Å². The molecule has 6 heteroatoms. The molecule has 0 N–H and O–H groups in total. The number of carbonyl (C=O) groups is 1. The minimum atomic E-state index is -0.0864. The Kier molecular flexibility index (Phi) is 5.40. The summed E-state index contributed by atoms with van der Waals surface area (Å²) in [6.45, 7) is 0.214. The third-order valence-corrected chi connectivity index (χ3v) is 5.61. The molecule has 0 radical (unpaired) electrons. The van der Waals surface area contributed by atoms with E-state index in [1.165, 1.54) is 0 Å². The molecular formula is C18H13BrClNO2S. The Morgan fingerprint density at radius 3 is 2.75 bits per heavy atom. The van der Waals surface area contributed by atoms with Gasteiger partial charge in [-0.05, 0) is 57.9 Å². The van der Waals surface area contributed by atoms with Crippen LogP contribution in [0.3, 0.4) is 0 Å². The van der Waals surface area contributed by atoms with Crippen molar-refractivity contribution in [1.29, 1.82) is 0 Å². The van der Waals surface area contributed by atoms with Crippen LogP contribution in [0.5, 0.6) is 5.75 Å². The number of amides is 1. The molecule has 1 aliphatic rings. The van der Waals surface area contributed by atoms with E-state index in [0.29, 0.717) is 16.5 Å². The molecule has 1 heterocycles. The van der Waals surface area contributed by atoms with Crippen molar-refractivity contribution in [1.82, 2.24) is 0 Å². The van der Waals surface area contributed by atoms with E-state index in [0.717, 1.165) is 15.7 Å². The molecule has 0 bridgehead atoms. The van der Waals surface area contributed by atoms with Crippen LogP contribution in [-0.2, 0) is 4.79 Å². The zero-order chi connectivity index (χ0) is 17.1. The second-order valence-corrected chi connectivity index (χ2v) is 7.45. The highest BCUT2D eigenvalue weighted by Crippen LogP contribution is 2.43. The van der Waals surface area contributed by atoms with E-state index in [9.17, 15) is 4.79 Å². The van der Waals surface area contributed by atoms with E-state index in [4.69, 9.17) is 22.8 Å². The van der Waals surface area contributed by atoms with Crippen LogP contribution in [0.1, 0.15) is 10.9 Å². The van der Waals surface area contributed by atoms with Gasteiger partial charge < -0.3 is 4.74 Å². The Morgan fingerprint density at radius 2 is 2.08 bits per heavy atom. The van der Waals surface area contributed by atoms with Crippen LogP contribution in [0, 0.1) is 12.3 Å². The summed E-state index contributed by atoms with van der Waals surface area (Å²) in [7, 11) is 0. The van der Waals surface area contributed by atoms with Gasteiger partial charge in [0.25, 0.3) is 0 Å². The van der Waals surface area contributed by atoms with Crippen molar-refractivity contribution in [2.75, 3.05) is 17.3 Å². The molecule has 24 heavy (non-hydrogen) atoms.